The lowest BCUT2D eigenvalue weighted by molar-refractivity contribution is 0.588. The van der Waals surface area contributed by atoms with Gasteiger partial charge in [0, 0.05) is 72.5 Å². The van der Waals surface area contributed by atoms with Crippen LogP contribution in [0.5, 0.6) is 0 Å². The lowest BCUT2D eigenvalue weighted by Crippen LogP contribution is -2.43. The second-order valence-electron chi connectivity index (χ2n) is 11.5. The van der Waals surface area contributed by atoms with E-state index in [9.17, 15) is 12.8 Å². The Bertz CT molecular complexity index is 2140. The van der Waals surface area contributed by atoms with E-state index in [4.69, 9.17) is 4.98 Å². The predicted molar refractivity (Wildman–Crippen MR) is 183 cm³/mol. The number of fused-ring (bicyclic) bond motifs is 1. The largest absolute Gasteiger partial charge is 0.369 e. The van der Waals surface area contributed by atoms with E-state index in [0.717, 1.165) is 54.0 Å². The van der Waals surface area contributed by atoms with E-state index >= 15 is 0 Å². The van der Waals surface area contributed by atoms with Gasteiger partial charge < -0.3 is 10.2 Å². The van der Waals surface area contributed by atoms with Crippen LogP contribution in [0.3, 0.4) is 0 Å². The van der Waals surface area contributed by atoms with Crippen molar-refractivity contribution in [2.45, 2.75) is 25.3 Å². The second-order valence-corrected chi connectivity index (χ2v) is 13.4. The van der Waals surface area contributed by atoms with E-state index in [1.54, 1.807) is 53.6 Å². The zero-order valence-electron chi connectivity index (χ0n) is 25.5. The van der Waals surface area contributed by atoms with Gasteiger partial charge in [0.25, 0.3) is 10.0 Å². The van der Waals surface area contributed by atoms with E-state index in [2.05, 4.69) is 40.4 Å². The van der Waals surface area contributed by atoms with Gasteiger partial charge in [-0.05, 0) is 73.0 Å². The number of aromatic nitrogens is 4. The van der Waals surface area contributed by atoms with Gasteiger partial charge >= 0.3 is 0 Å². The number of nitrogens with one attached hydrogen (secondary N) is 1. The number of halogens is 2. The van der Waals surface area contributed by atoms with E-state index in [-0.39, 0.29) is 23.1 Å². The van der Waals surface area contributed by atoms with Crippen LogP contribution in [-0.4, -0.2) is 53.3 Å². The van der Waals surface area contributed by atoms with Crippen molar-refractivity contribution in [3.8, 4) is 22.3 Å². The van der Waals surface area contributed by atoms with Gasteiger partial charge in [0.2, 0.25) is 0 Å². The van der Waals surface area contributed by atoms with Crippen LogP contribution in [-0.2, 0) is 16.6 Å². The fourth-order valence-electron chi connectivity index (χ4n) is 5.98. The van der Waals surface area contributed by atoms with Crippen molar-refractivity contribution in [3.63, 3.8) is 0 Å². The molecule has 0 bridgehead atoms. The van der Waals surface area contributed by atoms with Crippen LogP contribution < -0.4 is 10.2 Å². The SMILES string of the molecule is Cc1ccc(S(=O)(=O)n2cc(-c3cnn(Cc4cccc(F)c4)c3)c3cc(-c4ccc(N5CCNCC5)c(C)c4)cnc32)cc1.Cl. The third-order valence-electron chi connectivity index (χ3n) is 8.36. The topological polar surface area (TPSA) is 85.0 Å². The van der Waals surface area contributed by atoms with Crippen LogP contribution in [0.1, 0.15) is 16.7 Å². The Hall–Kier alpha value is -4.51. The number of nitrogens with zero attached hydrogens (tertiary/aromatic N) is 5. The molecule has 11 heteroatoms. The molecule has 0 amide bonds. The maximum atomic E-state index is 13.9. The van der Waals surface area contributed by atoms with Crippen molar-refractivity contribution >= 4 is 39.2 Å². The smallest absolute Gasteiger partial charge is 0.269 e. The number of rotatable bonds is 7. The minimum atomic E-state index is -3.94. The van der Waals surface area contributed by atoms with E-state index in [0.29, 0.717) is 23.1 Å². The summed E-state index contributed by atoms with van der Waals surface area (Å²) in [5, 5.41) is 8.61. The Balaban J connectivity index is 0.00000372. The molecular formula is C35H34ClFN6O2S. The molecule has 6 aromatic rings. The van der Waals surface area contributed by atoms with Crippen molar-refractivity contribution in [1.82, 2.24) is 24.1 Å². The zero-order chi connectivity index (χ0) is 31.1. The van der Waals surface area contributed by atoms with Crippen LogP contribution >= 0.6 is 12.4 Å². The van der Waals surface area contributed by atoms with Crippen LogP contribution in [0.15, 0.2) is 102 Å². The summed E-state index contributed by atoms with van der Waals surface area (Å²) in [7, 11) is -3.94. The van der Waals surface area contributed by atoms with Crippen LogP contribution in [0.4, 0.5) is 10.1 Å². The summed E-state index contributed by atoms with van der Waals surface area (Å²) in [6.45, 7) is 8.27. The Morgan fingerprint density at radius 3 is 2.39 bits per heavy atom. The maximum Gasteiger partial charge on any atom is 0.269 e. The molecule has 1 saturated heterocycles. The molecule has 1 aliphatic heterocycles. The monoisotopic (exact) mass is 656 g/mol. The first kappa shape index (κ1) is 31.5. The molecule has 236 valence electrons. The number of aryl methyl sites for hydroxylation is 2. The molecule has 1 N–H and O–H groups in total. The molecule has 0 radical (unpaired) electrons. The number of hydrogen-bond acceptors (Lipinski definition) is 6. The summed E-state index contributed by atoms with van der Waals surface area (Å²) >= 11 is 0. The minimum absolute atomic E-state index is 0. The highest BCUT2D eigenvalue weighted by Gasteiger charge is 2.24. The number of pyridine rings is 1. The molecule has 1 fully saturated rings. The molecule has 7 rings (SSSR count). The highest BCUT2D eigenvalue weighted by molar-refractivity contribution is 7.90. The summed E-state index contributed by atoms with van der Waals surface area (Å²) in [6, 6.07) is 21.6. The Morgan fingerprint density at radius 2 is 1.65 bits per heavy atom. The lowest BCUT2D eigenvalue weighted by Gasteiger charge is -2.31. The first-order valence-electron chi connectivity index (χ1n) is 14.9. The van der Waals surface area contributed by atoms with Crippen molar-refractivity contribution in [2.24, 2.45) is 0 Å². The average Bonchev–Trinajstić information content (AvgIpc) is 3.66. The van der Waals surface area contributed by atoms with Gasteiger partial charge in [0.05, 0.1) is 17.6 Å². The predicted octanol–water partition coefficient (Wildman–Crippen LogP) is 6.44. The molecule has 0 unspecified atom stereocenters. The average molecular weight is 657 g/mol. The first-order valence-corrected chi connectivity index (χ1v) is 16.4. The van der Waals surface area contributed by atoms with Gasteiger partial charge in [0.1, 0.15) is 5.82 Å². The van der Waals surface area contributed by atoms with Gasteiger partial charge in [-0.15, -0.1) is 12.4 Å². The van der Waals surface area contributed by atoms with E-state index in [1.165, 1.54) is 27.4 Å². The zero-order valence-corrected chi connectivity index (χ0v) is 27.2. The number of benzene rings is 3. The van der Waals surface area contributed by atoms with Gasteiger partial charge in [-0.2, -0.15) is 5.10 Å². The fourth-order valence-corrected chi connectivity index (χ4v) is 7.31. The molecule has 4 heterocycles. The lowest BCUT2D eigenvalue weighted by atomic mass is 10.0. The quantitative estimate of drug-likeness (QED) is 0.213. The van der Waals surface area contributed by atoms with Crippen molar-refractivity contribution < 1.29 is 12.8 Å². The molecule has 0 atom stereocenters. The van der Waals surface area contributed by atoms with Crippen LogP contribution in [0.2, 0.25) is 0 Å². The van der Waals surface area contributed by atoms with E-state index in [1.807, 2.05) is 25.3 Å². The van der Waals surface area contributed by atoms with Crippen molar-refractivity contribution in [3.05, 3.63) is 120 Å². The van der Waals surface area contributed by atoms with Gasteiger partial charge in [-0.3, -0.25) is 4.68 Å². The van der Waals surface area contributed by atoms with Crippen molar-refractivity contribution in [2.75, 3.05) is 31.1 Å². The summed E-state index contributed by atoms with van der Waals surface area (Å²) in [6.07, 6.45) is 6.91. The van der Waals surface area contributed by atoms with Crippen LogP contribution in [0, 0.1) is 19.7 Å². The maximum absolute atomic E-state index is 13.9. The van der Waals surface area contributed by atoms with Gasteiger partial charge in [-0.25, -0.2) is 21.8 Å². The minimum Gasteiger partial charge on any atom is -0.369 e. The first-order chi connectivity index (χ1) is 21.8. The summed E-state index contributed by atoms with van der Waals surface area (Å²) in [5.74, 6) is -0.306. The number of hydrogen-bond donors (Lipinski definition) is 1. The molecule has 3 aromatic carbocycles. The molecule has 0 saturated carbocycles. The normalized spacial score (nSPS) is 13.6. The summed E-state index contributed by atoms with van der Waals surface area (Å²) in [5.41, 5.74) is 7.79. The molecule has 0 aliphatic carbocycles. The highest BCUT2D eigenvalue weighted by Crippen LogP contribution is 2.36. The van der Waals surface area contributed by atoms with Gasteiger partial charge in [0.15, 0.2) is 5.65 Å². The highest BCUT2D eigenvalue weighted by atomic mass is 35.5. The van der Waals surface area contributed by atoms with E-state index < -0.39 is 10.0 Å². The molecule has 1 aliphatic rings. The molecule has 0 spiro atoms. The second kappa shape index (κ2) is 12.7. The third kappa shape index (κ3) is 6.03. The molecular weight excluding hydrogens is 623 g/mol. The van der Waals surface area contributed by atoms with Crippen LogP contribution in [0.25, 0.3) is 33.3 Å². The molecule has 3 aromatic heterocycles. The molecule has 8 nitrogen and oxygen atoms in total. The molecule has 46 heavy (non-hydrogen) atoms. The fraction of sp³-hybridized carbons (Fsp3) is 0.200. The summed E-state index contributed by atoms with van der Waals surface area (Å²) in [4.78, 5) is 7.31. The third-order valence-corrected chi connectivity index (χ3v) is 10.0. The Morgan fingerprint density at radius 1 is 0.870 bits per heavy atom. The standard InChI is InChI=1S/C35H33FN6O2S.ClH/c1-24-6-9-31(10-7-24)45(43,44)42-23-33(29-20-39-41(22-29)21-26-4-3-5-30(36)17-26)32-18-28(19-38-35(32)42)27-8-11-34(25(2)16-27)40-14-12-37-13-15-40;/h3-11,16-20,22-23,37H,12-15,21H2,1-2H3;1H. The number of piperazine rings is 1. The Labute approximate surface area is 274 Å². The number of anilines is 1. The van der Waals surface area contributed by atoms with Gasteiger partial charge in [-0.1, -0.05) is 35.9 Å². The Kier molecular flexibility index (Phi) is 8.69. The van der Waals surface area contributed by atoms with Crippen molar-refractivity contribution in [1.29, 1.82) is 0 Å². The summed E-state index contributed by atoms with van der Waals surface area (Å²) < 4.78 is 44.6.